The van der Waals surface area contributed by atoms with E-state index in [0.29, 0.717) is 0 Å². The lowest BCUT2D eigenvalue weighted by Crippen LogP contribution is -2.13. The summed E-state index contributed by atoms with van der Waals surface area (Å²) in [4.78, 5) is 0. The number of nitrogens with one attached hydrogen (secondary N) is 1. The Balaban J connectivity index is 2.29. The van der Waals surface area contributed by atoms with E-state index < -0.39 is 0 Å². The summed E-state index contributed by atoms with van der Waals surface area (Å²) in [5.74, 6) is 0.954. The third kappa shape index (κ3) is 3.83. The fourth-order valence-corrected chi connectivity index (χ4v) is 1.65. The topological polar surface area (TPSA) is 25.2 Å². The minimum absolute atomic E-state index is 0.764. The standard InChI is InChI=1S/C9H13Br2NO/c1-2-3-4-12-6-7-5-8(10)9(11)13-7/h5,12H,2-4,6H2,1H3. The normalized spacial score (nSPS) is 10.7. The second-order valence-electron chi connectivity index (χ2n) is 2.86. The highest BCUT2D eigenvalue weighted by atomic mass is 79.9. The van der Waals surface area contributed by atoms with Crippen LogP contribution < -0.4 is 5.32 Å². The van der Waals surface area contributed by atoms with E-state index in [-0.39, 0.29) is 0 Å². The molecule has 2 nitrogen and oxygen atoms in total. The molecule has 74 valence electrons. The van der Waals surface area contributed by atoms with Crippen LogP contribution in [0.15, 0.2) is 19.6 Å². The van der Waals surface area contributed by atoms with Crippen molar-refractivity contribution in [3.63, 3.8) is 0 Å². The van der Waals surface area contributed by atoms with Gasteiger partial charge >= 0.3 is 0 Å². The first kappa shape index (κ1) is 11.3. The van der Waals surface area contributed by atoms with E-state index in [1.807, 2.05) is 6.07 Å². The van der Waals surface area contributed by atoms with Crippen LogP contribution in [0.3, 0.4) is 0 Å². The Morgan fingerprint density at radius 3 is 2.77 bits per heavy atom. The molecule has 0 saturated carbocycles. The molecule has 0 saturated heterocycles. The second kappa shape index (κ2) is 5.83. The van der Waals surface area contributed by atoms with Gasteiger partial charge in [-0.1, -0.05) is 13.3 Å². The van der Waals surface area contributed by atoms with Crippen LogP contribution in [0.25, 0.3) is 0 Å². The van der Waals surface area contributed by atoms with E-state index in [1.54, 1.807) is 0 Å². The molecule has 1 heterocycles. The maximum atomic E-state index is 5.40. The van der Waals surface area contributed by atoms with Crippen molar-refractivity contribution in [1.82, 2.24) is 5.32 Å². The van der Waals surface area contributed by atoms with Gasteiger partial charge in [-0.2, -0.15) is 0 Å². The van der Waals surface area contributed by atoms with Crippen molar-refractivity contribution in [3.05, 3.63) is 21.0 Å². The first-order valence-electron chi connectivity index (χ1n) is 4.38. The average Bonchev–Trinajstić information content (AvgIpc) is 2.41. The Hall–Kier alpha value is 0.200. The molecule has 0 aromatic carbocycles. The molecule has 0 aliphatic heterocycles. The zero-order chi connectivity index (χ0) is 9.68. The highest BCUT2D eigenvalue weighted by molar-refractivity contribution is 9.13. The van der Waals surface area contributed by atoms with Gasteiger partial charge in [0.1, 0.15) is 5.76 Å². The van der Waals surface area contributed by atoms with Crippen LogP contribution in [0.4, 0.5) is 0 Å². The van der Waals surface area contributed by atoms with Crippen molar-refractivity contribution in [2.24, 2.45) is 0 Å². The van der Waals surface area contributed by atoms with Gasteiger partial charge in [-0.3, -0.25) is 0 Å². The number of halogens is 2. The summed E-state index contributed by atoms with van der Waals surface area (Å²) in [5.41, 5.74) is 0. The van der Waals surface area contributed by atoms with E-state index >= 15 is 0 Å². The van der Waals surface area contributed by atoms with E-state index in [1.165, 1.54) is 12.8 Å². The third-order valence-electron chi connectivity index (χ3n) is 1.70. The monoisotopic (exact) mass is 309 g/mol. The Morgan fingerprint density at radius 2 is 2.23 bits per heavy atom. The van der Waals surface area contributed by atoms with Gasteiger partial charge in [0.25, 0.3) is 0 Å². The molecule has 0 spiro atoms. The molecule has 1 aromatic rings. The molecule has 1 aromatic heterocycles. The lowest BCUT2D eigenvalue weighted by molar-refractivity contribution is 0.462. The summed E-state index contributed by atoms with van der Waals surface area (Å²) in [6.07, 6.45) is 2.43. The lowest BCUT2D eigenvalue weighted by atomic mass is 10.3. The van der Waals surface area contributed by atoms with Gasteiger partial charge in [0.15, 0.2) is 4.67 Å². The number of unbranched alkanes of at least 4 members (excludes halogenated alkanes) is 1. The van der Waals surface area contributed by atoms with Gasteiger partial charge in [0.05, 0.1) is 11.0 Å². The molecular formula is C9H13Br2NO. The van der Waals surface area contributed by atoms with Gasteiger partial charge in [0.2, 0.25) is 0 Å². The van der Waals surface area contributed by atoms with Gasteiger partial charge in [-0.15, -0.1) is 0 Å². The summed E-state index contributed by atoms with van der Waals surface area (Å²) in [6.45, 7) is 4.03. The smallest absolute Gasteiger partial charge is 0.183 e. The second-order valence-corrected chi connectivity index (χ2v) is 4.44. The molecule has 13 heavy (non-hydrogen) atoms. The lowest BCUT2D eigenvalue weighted by Gasteiger charge is -1.99. The first-order valence-corrected chi connectivity index (χ1v) is 5.97. The van der Waals surface area contributed by atoms with Crippen LogP contribution in [-0.2, 0) is 6.54 Å². The van der Waals surface area contributed by atoms with Crippen LogP contribution in [0.1, 0.15) is 25.5 Å². The Labute approximate surface area is 95.3 Å². The number of furan rings is 1. The van der Waals surface area contributed by atoms with Gasteiger partial charge in [-0.25, -0.2) is 0 Å². The van der Waals surface area contributed by atoms with Gasteiger partial charge in [0, 0.05) is 0 Å². The van der Waals surface area contributed by atoms with E-state index in [2.05, 4.69) is 44.1 Å². The first-order chi connectivity index (χ1) is 6.24. The minimum Gasteiger partial charge on any atom is -0.452 e. The molecule has 0 aliphatic rings. The summed E-state index contributed by atoms with van der Waals surface area (Å²) >= 11 is 6.67. The highest BCUT2D eigenvalue weighted by Crippen LogP contribution is 2.26. The predicted octanol–water partition coefficient (Wildman–Crippen LogP) is 3.69. The molecule has 0 bridgehead atoms. The number of hydrogen-bond donors (Lipinski definition) is 1. The molecule has 0 unspecified atom stereocenters. The van der Waals surface area contributed by atoms with Crippen LogP contribution >= 0.6 is 31.9 Å². The maximum absolute atomic E-state index is 5.40. The van der Waals surface area contributed by atoms with Crippen LogP contribution in [0.5, 0.6) is 0 Å². The summed E-state index contributed by atoms with van der Waals surface area (Å²) < 4.78 is 7.14. The Morgan fingerprint density at radius 1 is 1.46 bits per heavy atom. The summed E-state index contributed by atoms with van der Waals surface area (Å²) in [5, 5.41) is 3.31. The van der Waals surface area contributed by atoms with E-state index in [0.717, 1.165) is 28.0 Å². The van der Waals surface area contributed by atoms with Crippen molar-refractivity contribution >= 4 is 31.9 Å². The highest BCUT2D eigenvalue weighted by Gasteiger charge is 2.04. The summed E-state index contributed by atoms with van der Waals surface area (Å²) in [7, 11) is 0. The molecule has 0 fully saturated rings. The largest absolute Gasteiger partial charge is 0.452 e. The Kier molecular flexibility index (Phi) is 5.06. The van der Waals surface area contributed by atoms with Crippen LogP contribution in [0, 0.1) is 0 Å². The molecule has 0 aliphatic carbocycles. The molecule has 1 rings (SSSR count). The van der Waals surface area contributed by atoms with Gasteiger partial charge < -0.3 is 9.73 Å². The third-order valence-corrected chi connectivity index (χ3v) is 3.41. The number of rotatable bonds is 5. The maximum Gasteiger partial charge on any atom is 0.183 e. The molecule has 4 heteroatoms. The van der Waals surface area contributed by atoms with Crippen molar-refractivity contribution < 1.29 is 4.42 Å². The fourth-order valence-electron chi connectivity index (χ4n) is 0.992. The fraction of sp³-hybridized carbons (Fsp3) is 0.556. The minimum atomic E-state index is 0.764. The molecule has 0 radical (unpaired) electrons. The van der Waals surface area contributed by atoms with Crippen molar-refractivity contribution in [2.45, 2.75) is 26.3 Å². The number of hydrogen-bond acceptors (Lipinski definition) is 2. The molecule has 1 N–H and O–H groups in total. The van der Waals surface area contributed by atoms with Crippen molar-refractivity contribution in [3.8, 4) is 0 Å². The SMILES string of the molecule is CCCCNCc1cc(Br)c(Br)o1. The van der Waals surface area contributed by atoms with Crippen LogP contribution in [-0.4, -0.2) is 6.54 Å². The van der Waals surface area contributed by atoms with Crippen LogP contribution in [0.2, 0.25) is 0 Å². The Bertz CT molecular complexity index is 241. The van der Waals surface area contributed by atoms with E-state index in [9.17, 15) is 0 Å². The quantitative estimate of drug-likeness (QED) is 0.839. The summed E-state index contributed by atoms with van der Waals surface area (Å²) in [6, 6.07) is 1.98. The zero-order valence-electron chi connectivity index (χ0n) is 7.57. The van der Waals surface area contributed by atoms with Gasteiger partial charge in [-0.05, 0) is 50.9 Å². The van der Waals surface area contributed by atoms with E-state index in [4.69, 9.17) is 4.42 Å². The average molecular weight is 311 g/mol. The van der Waals surface area contributed by atoms with Crippen molar-refractivity contribution in [2.75, 3.05) is 6.54 Å². The molecule has 0 amide bonds. The zero-order valence-corrected chi connectivity index (χ0v) is 10.7. The van der Waals surface area contributed by atoms with Crippen molar-refractivity contribution in [1.29, 1.82) is 0 Å². The molecule has 0 atom stereocenters. The predicted molar refractivity (Wildman–Crippen MR) is 60.7 cm³/mol. The molecular weight excluding hydrogens is 298 g/mol.